The maximum Gasteiger partial charge on any atom is 0.220 e. The molecule has 0 spiro atoms. The van der Waals surface area contributed by atoms with E-state index < -0.39 is 0 Å². The van der Waals surface area contributed by atoms with Gasteiger partial charge < -0.3 is 5.32 Å². The van der Waals surface area contributed by atoms with Crippen LogP contribution in [-0.2, 0) is 10.5 Å². The van der Waals surface area contributed by atoms with Gasteiger partial charge in [-0.05, 0) is 56.0 Å². The highest BCUT2D eigenvalue weighted by atomic mass is 35.5. The van der Waals surface area contributed by atoms with Gasteiger partial charge in [-0.1, -0.05) is 79.9 Å². The Kier molecular flexibility index (Phi) is 9.39. The summed E-state index contributed by atoms with van der Waals surface area (Å²) in [6, 6.07) is 13.9. The minimum absolute atomic E-state index is 0.0464. The highest BCUT2D eigenvalue weighted by Crippen LogP contribution is 2.31. The third-order valence-corrected chi connectivity index (χ3v) is 6.92. The zero-order valence-electron chi connectivity index (χ0n) is 19.9. The fraction of sp³-hybridized carbons (Fsp3) is 0.423. The van der Waals surface area contributed by atoms with Gasteiger partial charge in [0.05, 0.1) is 11.7 Å². The summed E-state index contributed by atoms with van der Waals surface area (Å²) < 4.78 is 2.03. The topological polar surface area (TPSA) is 59.8 Å². The van der Waals surface area contributed by atoms with Gasteiger partial charge in [0.15, 0.2) is 11.0 Å². The van der Waals surface area contributed by atoms with E-state index in [0.29, 0.717) is 17.3 Å². The first kappa shape index (κ1) is 25.3. The van der Waals surface area contributed by atoms with Crippen molar-refractivity contribution in [2.75, 3.05) is 0 Å². The van der Waals surface area contributed by atoms with Gasteiger partial charge >= 0.3 is 0 Å². The number of amides is 1. The van der Waals surface area contributed by atoms with Crippen LogP contribution < -0.4 is 5.32 Å². The highest BCUT2D eigenvalue weighted by molar-refractivity contribution is 7.98. The fourth-order valence-corrected chi connectivity index (χ4v) is 4.90. The lowest BCUT2D eigenvalue weighted by Gasteiger charge is -2.18. The van der Waals surface area contributed by atoms with E-state index in [1.807, 2.05) is 42.7 Å². The first-order valence-electron chi connectivity index (χ1n) is 11.6. The molecule has 1 aromatic heterocycles. The summed E-state index contributed by atoms with van der Waals surface area (Å²) in [5, 5.41) is 13.5. The summed E-state index contributed by atoms with van der Waals surface area (Å²) in [7, 11) is 0. The minimum atomic E-state index is -0.276. The van der Waals surface area contributed by atoms with Crippen LogP contribution in [0.3, 0.4) is 0 Å². The van der Waals surface area contributed by atoms with Crippen molar-refractivity contribution in [1.82, 2.24) is 20.1 Å². The average molecular weight is 485 g/mol. The molecular formula is C26H33ClN4OS. The quantitative estimate of drug-likeness (QED) is 0.235. The van der Waals surface area contributed by atoms with Crippen LogP contribution in [0.1, 0.15) is 74.5 Å². The number of aromatic nitrogens is 3. The average Bonchev–Trinajstić information content (AvgIpc) is 3.21. The molecule has 0 aliphatic rings. The van der Waals surface area contributed by atoms with Crippen LogP contribution >= 0.6 is 23.4 Å². The van der Waals surface area contributed by atoms with Crippen molar-refractivity contribution in [3.63, 3.8) is 0 Å². The zero-order valence-corrected chi connectivity index (χ0v) is 21.5. The largest absolute Gasteiger partial charge is 0.346 e. The molecule has 3 rings (SSSR count). The van der Waals surface area contributed by atoms with Gasteiger partial charge in [0.1, 0.15) is 0 Å². The molecule has 1 atom stereocenters. The van der Waals surface area contributed by atoms with Crippen LogP contribution in [0.15, 0.2) is 47.6 Å². The number of benzene rings is 2. The standard InChI is InChI=1S/C26H33ClN4OS/c1-5-6-7-8-13-24(32)28-20(4)25-29-30-26(33-17-21-12-10-9-11-18(21)2)31(25)23-16-22(27)15-14-19(23)3/h9-12,14-16,20H,5-8,13,17H2,1-4H3,(H,28,32). The van der Waals surface area contributed by atoms with E-state index in [4.69, 9.17) is 11.6 Å². The fourth-order valence-electron chi connectivity index (χ4n) is 3.71. The Labute approximate surface area is 206 Å². The molecule has 7 heteroatoms. The van der Waals surface area contributed by atoms with Crippen LogP contribution in [0, 0.1) is 13.8 Å². The molecule has 33 heavy (non-hydrogen) atoms. The Bertz CT molecular complexity index is 1080. The number of aryl methyl sites for hydroxylation is 2. The molecule has 0 saturated heterocycles. The molecule has 176 valence electrons. The normalized spacial score (nSPS) is 12.0. The summed E-state index contributed by atoms with van der Waals surface area (Å²) in [6.07, 6.45) is 4.83. The molecule has 2 aromatic carbocycles. The summed E-state index contributed by atoms with van der Waals surface area (Å²) in [6.45, 7) is 8.29. The van der Waals surface area contributed by atoms with E-state index in [9.17, 15) is 4.79 Å². The summed E-state index contributed by atoms with van der Waals surface area (Å²) in [5.41, 5.74) is 4.50. The SMILES string of the molecule is CCCCCCC(=O)NC(C)c1nnc(SCc2ccccc2C)n1-c1cc(Cl)ccc1C. The zero-order chi connectivity index (χ0) is 23.8. The number of thioether (sulfide) groups is 1. The van der Waals surface area contributed by atoms with E-state index in [1.54, 1.807) is 11.8 Å². The number of hydrogen-bond acceptors (Lipinski definition) is 4. The van der Waals surface area contributed by atoms with Crippen LogP contribution in [0.5, 0.6) is 0 Å². The Morgan fingerprint density at radius 2 is 1.88 bits per heavy atom. The maximum absolute atomic E-state index is 12.5. The molecule has 0 radical (unpaired) electrons. The smallest absolute Gasteiger partial charge is 0.220 e. The monoisotopic (exact) mass is 484 g/mol. The number of hydrogen-bond donors (Lipinski definition) is 1. The molecule has 0 fully saturated rings. The number of halogens is 1. The van der Waals surface area contributed by atoms with Crippen molar-refractivity contribution in [3.05, 3.63) is 70.0 Å². The third-order valence-electron chi connectivity index (χ3n) is 5.71. The highest BCUT2D eigenvalue weighted by Gasteiger charge is 2.22. The number of unbranched alkanes of at least 4 members (excludes halogenated alkanes) is 3. The Morgan fingerprint density at radius 1 is 1.09 bits per heavy atom. The first-order chi connectivity index (χ1) is 15.9. The van der Waals surface area contributed by atoms with Crippen molar-refractivity contribution < 1.29 is 4.79 Å². The second-order valence-corrected chi connectivity index (χ2v) is 9.80. The van der Waals surface area contributed by atoms with E-state index >= 15 is 0 Å². The summed E-state index contributed by atoms with van der Waals surface area (Å²) >= 11 is 7.98. The van der Waals surface area contributed by atoms with Crippen LogP contribution in [0.4, 0.5) is 0 Å². The molecule has 1 amide bonds. The lowest BCUT2D eigenvalue weighted by Crippen LogP contribution is -2.28. The number of rotatable bonds is 11. The molecule has 0 aliphatic carbocycles. The molecule has 1 heterocycles. The van der Waals surface area contributed by atoms with Gasteiger partial charge in [-0.3, -0.25) is 9.36 Å². The molecular weight excluding hydrogens is 452 g/mol. The van der Waals surface area contributed by atoms with Crippen LogP contribution in [0.2, 0.25) is 5.02 Å². The number of carbonyl (C=O) groups excluding carboxylic acids is 1. The van der Waals surface area contributed by atoms with Gasteiger partial charge in [0.25, 0.3) is 0 Å². The lowest BCUT2D eigenvalue weighted by atomic mass is 10.1. The maximum atomic E-state index is 12.5. The Balaban J connectivity index is 1.86. The van der Waals surface area contributed by atoms with Crippen LogP contribution in [-0.4, -0.2) is 20.7 Å². The van der Waals surface area contributed by atoms with Gasteiger partial charge in [-0.25, -0.2) is 0 Å². The molecule has 0 bridgehead atoms. The number of carbonyl (C=O) groups is 1. The first-order valence-corrected chi connectivity index (χ1v) is 13.0. The van der Waals surface area contributed by atoms with Gasteiger partial charge in [-0.2, -0.15) is 0 Å². The van der Waals surface area contributed by atoms with E-state index in [-0.39, 0.29) is 11.9 Å². The molecule has 1 unspecified atom stereocenters. The Morgan fingerprint density at radius 3 is 2.64 bits per heavy atom. The molecule has 3 aromatic rings. The summed E-state index contributed by atoms with van der Waals surface area (Å²) in [4.78, 5) is 12.5. The number of nitrogens with one attached hydrogen (secondary N) is 1. The van der Waals surface area contributed by atoms with E-state index in [1.165, 1.54) is 11.1 Å². The van der Waals surface area contributed by atoms with Gasteiger partial charge in [-0.15, -0.1) is 10.2 Å². The minimum Gasteiger partial charge on any atom is -0.346 e. The van der Waals surface area contributed by atoms with Crippen molar-refractivity contribution in [3.8, 4) is 5.69 Å². The van der Waals surface area contributed by atoms with E-state index in [2.05, 4.69) is 47.6 Å². The predicted molar refractivity (Wildman–Crippen MR) is 137 cm³/mol. The molecule has 0 aliphatic heterocycles. The molecule has 5 nitrogen and oxygen atoms in total. The van der Waals surface area contributed by atoms with Crippen molar-refractivity contribution in [1.29, 1.82) is 0 Å². The lowest BCUT2D eigenvalue weighted by molar-refractivity contribution is -0.121. The van der Waals surface area contributed by atoms with Crippen molar-refractivity contribution >= 4 is 29.3 Å². The summed E-state index contributed by atoms with van der Waals surface area (Å²) in [5.74, 6) is 1.53. The molecule has 0 saturated carbocycles. The second kappa shape index (κ2) is 12.2. The third kappa shape index (κ3) is 6.84. The Hall–Kier alpha value is -2.31. The van der Waals surface area contributed by atoms with Crippen molar-refractivity contribution in [2.24, 2.45) is 0 Å². The second-order valence-electron chi connectivity index (χ2n) is 8.42. The van der Waals surface area contributed by atoms with Gasteiger partial charge in [0.2, 0.25) is 5.91 Å². The van der Waals surface area contributed by atoms with Crippen LogP contribution in [0.25, 0.3) is 5.69 Å². The predicted octanol–water partition coefficient (Wildman–Crippen LogP) is 6.98. The van der Waals surface area contributed by atoms with Gasteiger partial charge in [0, 0.05) is 17.2 Å². The number of nitrogens with zero attached hydrogens (tertiary/aromatic N) is 3. The van der Waals surface area contributed by atoms with E-state index in [0.717, 1.165) is 47.8 Å². The van der Waals surface area contributed by atoms with Crippen molar-refractivity contribution in [2.45, 2.75) is 76.8 Å². The molecule has 1 N–H and O–H groups in total.